The molecule has 8 nitrogen and oxygen atoms in total. The van der Waals surface area contributed by atoms with Gasteiger partial charge in [0.15, 0.2) is 23.4 Å². The standard InChI is InChI=1S/C29H28ClFN5O3/c1-36-11-4-5-20-18(6-9-25(37-2)28(20)36)16-32-10-12-39-27-14-21-24(15-26(27)38-3)33-17-34-29(21)35-19-7-8-23(31)22(30)13-19/h4-9,11,13-15,17,32H,10,12,16H2,1-3H3,(H,33,34,35)/q+1. The monoisotopic (exact) mass is 548 g/mol. The molecule has 200 valence electrons. The highest BCUT2D eigenvalue weighted by Crippen LogP contribution is 2.35. The van der Waals surface area contributed by atoms with Crippen LogP contribution in [-0.2, 0) is 13.6 Å². The molecule has 2 N–H and O–H groups in total. The van der Waals surface area contributed by atoms with Crippen LogP contribution in [0.2, 0.25) is 5.02 Å². The summed E-state index contributed by atoms with van der Waals surface area (Å²) >= 11 is 5.94. The molecule has 0 aliphatic carbocycles. The van der Waals surface area contributed by atoms with Crippen molar-refractivity contribution in [2.45, 2.75) is 6.54 Å². The maximum atomic E-state index is 13.6. The lowest BCUT2D eigenvalue weighted by Crippen LogP contribution is -2.29. The van der Waals surface area contributed by atoms with Crippen LogP contribution in [0.4, 0.5) is 15.9 Å². The highest BCUT2D eigenvalue weighted by atomic mass is 35.5. The molecule has 10 heteroatoms. The minimum absolute atomic E-state index is 0.0214. The summed E-state index contributed by atoms with van der Waals surface area (Å²) in [5.41, 5.74) is 3.48. The molecular weight excluding hydrogens is 521 g/mol. The first-order valence-electron chi connectivity index (χ1n) is 12.3. The predicted octanol–water partition coefficient (Wildman–Crippen LogP) is 5.33. The number of pyridine rings is 1. The van der Waals surface area contributed by atoms with Crippen LogP contribution in [0.25, 0.3) is 21.8 Å². The number of rotatable bonds is 10. The molecular formula is C29H28ClFN5O3+. The highest BCUT2D eigenvalue weighted by molar-refractivity contribution is 6.31. The van der Waals surface area contributed by atoms with Gasteiger partial charge < -0.3 is 24.8 Å². The SMILES string of the molecule is COc1cc2ncnc(Nc3ccc(F)c(Cl)c3)c2cc1OCCNCc1ccc(OC)c2c1ccc[n+]2C. The van der Waals surface area contributed by atoms with Crippen molar-refractivity contribution < 1.29 is 23.2 Å². The van der Waals surface area contributed by atoms with E-state index in [1.54, 1.807) is 26.4 Å². The van der Waals surface area contributed by atoms with Crippen molar-refractivity contribution >= 4 is 44.9 Å². The highest BCUT2D eigenvalue weighted by Gasteiger charge is 2.15. The van der Waals surface area contributed by atoms with Crippen molar-refractivity contribution in [2.24, 2.45) is 7.05 Å². The van der Waals surface area contributed by atoms with Crippen molar-refractivity contribution in [3.63, 3.8) is 0 Å². The number of nitrogens with one attached hydrogen (secondary N) is 2. The number of benzene rings is 3. The number of aromatic nitrogens is 3. The fourth-order valence-corrected chi connectivity index (χ4v) is 4.62. The van der Waals surface area contributed by atoms with E-state index in [1.165, 1.54) is 24.0 Å². The van der Waals surface area contributed by atoms with Crippen molar-refractivity contribution in [3.8, 4) is 17.2 Å². The van der Waals surface area contributed by atoms with Gasteiger partial charge in [0.2, 0.25) is 0 Å². The van der Waals surface area contributed by atoms with E-state index in [-0.39, 0.29) is 5.02 Å². The number of nitrogens with zero attached hydrogens (tertiary/aromatic N) is 3. The van der Waals surface area contributed by atoms with Gasteiger partial charge in [-0.2, -0.15) is 4.57 Å². The van der Waals surface area contributed by atoms with Crippen molar-refractivity contribution in [1.29, 1.82) is 0 Å². The van der Waals surface area contributed by atoms with Crippen LogP contribution < -0.4 is 29.4 Å². The van der Waals surface area contributed by atoms with Crippen molar-refractivity contribution in [2.75, 3.05) is 32.7 Å². The third-order valence-electron chi connectivity index (χ3n) is 6.37. The Labute approximate surface area is 230 Å². The number of fused-ring (bicyclic) bond motifs is 2. The molecule has 0 saturated carbocycles. The van der Waals surface area contributed by atoms with Gasteiger partial charge in [0.25, 0.3) is 5.52 Å². The lowest BCUT2D eigenvalue weighted by Gasteiger charge is -2.14. The van der Waals surface area contributed by atoms with Gasteiger partial charge in [-0.05, 0) is 42.0 Å². The lowest BCUT2D eigenvalue weighted by atomic mass is 10.1. The van der Waals surface area contributed by atoms with E-state index in [9.17, 15) is 4.39 Å². The molecule has 0 spiro atoms. The first kappa shape index (κ1) is 26.4. The van der Waals surface area contributed by atoms with Gasteiger partial charge in [-0.3, -0.25) is 0 Å². The van der Waals surface area contributed by atoms with E-state index in [0.717, 1.165) is 22.0 Å². The average molecular weight is 549 g/mol. The van der Waals surface area contributed by atoms with Crippen LogP contribution in [0.15, 0.2) is 67.1 Å². The molecule has 5 aromatic rings. The topological polar surface area (TPSA) is 81.4 Å². The Morgan fingerprint density at radius 3 is 2.59 bits per heavy atom. The number of ether oxygens (including phenoxy) is 3. The Balaban J connectivity index is 1.29. The normalized spacial score (nSPS) is 11.1. The fraction of sp³-hybridized carbons (Fsp3) is 0.207. The molecule has 0 atom stereocenters. The minimum Gasteiger partial charge on any atom is -0.493 e. The number of aryl methyl sites for hydroxylation is 1. The Hall–Kier alpha value is -4.21. The zero-order valence-electron chi connectivity index (χ0n) is 21.8. The van der Waals surface area contributed by atoms with Gasteiger partial charge in [0.1, 0.15) is 31.6 Å². The van der Waals surface area contributed by atoms with Crippen LogP contribution in [0.5, 0.6) is 17.2 Å². The Bertz CT molecular complexity index is 1650. The van der Waals surface area contributed by atoms with Crippen LogP contribution in [0, 0.1) is 5.82 Å². The molecule has 0 bridgehead atoms. The lowest BCUT2D eigenvalue weighted by molar-refractivity contribution is -0.645. The van der Waals surface area contributed by atoms with Crippen LogP contribution in [0.3, 0.4) is 0 Å². The second-order valence-corrected chi connectivity index (χ2v) is 9.24. The van der Waals surface area contributed by atoms with Crippen LogP contribution in [0.1, 0.15) is 5.56 Å². The van der Waals surface area contributed by atoms with Gasteiger partial charge in [-0.25, -0.2) is 14.4 Å². The molecule has 3 aromatic carbocycles. The summed E-state index contributed by atoms with van der Waals surface area (Å²) in [6.45, 7) is 1.69. The zero-order valence-corrected chi connectivity index (χ0v) is 22.6. The zero-order chi connectivity index (χ0) is 27.4. The Morgan fingerprint density at radius 2 is 1.79 bits per heavy atom. The van der Waals surface area contributed by atoms with Crippen LogP contribution >= 0.6 is 11.6 Å². The quantitative estimate of drug-likeness (QED) is 0.180. The third-order valence-corrected chi connectivity index (χ3v) is 6.66. The van der Waals surface area contributed by atoms with E-state index >= 15 is 0 Å². The molecule has 0 saturated heterocycles. The molecule has 2 aromatic heterocycles. The average Bonchev–Trinajstić information content (AvgIpc) is 2.95. The minimum atomic E-state index is -0.488. The molecule has 0 amide bonds. The number of hydrogen-bond acceptors (Lipinski definition) is 7. The van der Waals surface area contributed by atoms with Gasteiger partial charge in [0.05, 0.1) is 30.1 Å². The van der Waals surface area contributed by atoms with E-state index in [1.807, 2.05) is 31.4 Å². The molecule has 0 radical (unpaired) electrons. The summed E-state index contributed by atoms with van der Waals surface area (Å²) in [7, 11) is 5.28. The summed E-state index contributed by atoms with van der Waals surface area (Å²) in [5.74, 6) is 2.00. The molecule has 0 unspecified atom stereocenters. The molecule has 0 aliphatic rings. The van der Waals surface area contributed by atoms with E-state index in [2.05, 4.69) is 37.3 Å². The summed E-state index contributed by atoms with van der Waals surface area (Å²) in [6.07, 6.45) is 3.45. The number of halogens is 2. The Kier molecular flexibility index (Phi) is 7.90. The fourth-order valence-electron chi connectivity index (χ4n) is 4.44. The number of anilines is 2. The summed E-state index contributed by atoms with van der Waals surface area (Å²) < 4.78 is 32.8. The predicted molar refractivity (Wildman–Crippen MR) is 150 cm³/mol. The van der Waals surface area contributed by atoms with Gasteiger partial charge in [0, 0.05) is 36.3 Å². The number of hydrogen-bond donors (Lipinski definition) is 2. The van der Waals surface area contributed by atoms with Crippen molar-refractivity contribution in [1.82, 2.24) is 15.3 Å². The second-order valence-electron chi connectivity index (χ2n) is 8.83. The first-order valence-corrected chi connectivity index (χ1v) is 12.7. The maximum absolute atomic E-state index is 13.6. The van der Waals surface area contributed by atoms with Crippen molar-refractivity contribution in [3.05, 3.63) is 83.5 Å². The third kappa shape index (κ3) is 5.64. The smallest absolute Gasteiger partial charge is 0.254 e. The molecule has 39 heavy (non-hydrogen) atoms. The van der Waals surface area contributed by atoms with E-state index < -0.39 is 5.82 Å². The van der Waals surface area contributed by atoms with Crippen LogP contribution in [-0.4, -0.2) is 37.3 Å². The molecule has 5 rings (SSSR count). The van der Waals surface area contributed by atoms with E-state index in [0.29, 0.717) is 48.2 Å². The van der Waals surface area contributed by atoms with E-state index in [4.69, 9.17) is 25.8 Å². The first-order chi connectivity index (χ1) is 19.0. The largest absolute Gasteiger partial charge is 0.493 e. The van der Waals surface area contributed by atoms with Gasteiger partial charge >= 0.3 is 0 Å². The summed E-state index contributed by atoms with van der Waals surface area (Å²) in [4.78, 5) is 8.71. The maximum Gasteiger partial charge on any atom is 0.254 e. The van der Waals surface area contributed by atoms with Gasteiger partial charge in [-0.15, -0.1) is 0 Å². The second kappa shape index (κ2) is 11.7. The van der Waals surface area contributed by atoms with Gasteiger partial charge in [-0.1, -0.05) is 17.7 Å². The summed E-state index contributed by atoms with van der Waals surface area (Å²) in [6, 6.07) is 16.2. The molecule has 0 aliphatic heterocycles. The molecule has 0 fully saturated rings. The summed E-state index contributed by atoms with van der Waals surface area (Å²) in [5, 5.41) is 8.51. The molecule has 2 heterocycles. The Morgan fingerprint density at radius 1 is 0.949 bits per heavy atom. The number of methoxy groups -OCH3 is 2.